The standard InChI is InChI=1S/C17H28N2OS/c1-4-6-18-13-9-17(2,3)10-14-16(13)21-15(19-14)8-12-5-7-20-11-12/h12-13,18H,4-11H2,1-3H3. The van der Waals surface area contributed by atoms with Crippen LogP contribution in [0.15, 0.2) is 0 Å². The molecule has 4 heteroatoms. The average molecular weight is 308 g/mol. The number of hydrogen-bond donors (Lipinski definition) is 1. The van der Waals surface area contributed by atoms with Crippen LogP contribution in [0.5, 0.6) is 0 Å². The highest BCUT2D eigenvalue weighted by Gasteiger charge is 2.35. The lowest BCUT2D eigenvalue weighted by Gasteiger charge is -2.34. The predicted molar refractivity (Wildman–Crippen MR) is 87.9 cm³/mol. The zero-order valence-corrected chi connectivity index (χ0v) is 14.4. The van der Waals surface area contributed by atoms with Gasteiger partial charge < -0.3 is 10.1 Å². The highest BCUT2D eigenvalue weighted by Crippen LogP contribution is 2.43. The lowest BCUT2D eigenvalue weighted by Crippen LogP contribution is -2.33. The van der Waals surface area contributed by atoms with Gasteiger partial charge in [0.2, 0.25) is 0 Å². The van der Waals surface area contributed by atoms with E-state index in [4.69, 9.17) is 9.72 Å². The summed E-state index contributed by atoms with van der Waals surface area (Å²) >= 11 is 1.95. The van der Waals surface area contributed by atoms with Crippen molar-refractivity contribution in [3.05, 3.63) is 15.6 Å². The molecule has 0 radical (unpaired) electrons. The van der Waals surface area contributed by atoms with Crippen molar-refractivity contribution in [2.75, 3.05) is 19.8 Å². The van der Waals surface area contributed by atoms with Crippen LogP contribution >= 0.6 is 11.3 Å². The van der Waals surface area contributed by atoms with Gasteiger partial charge in [-0.25, -0.2) is 4.98 Å². The topological polar surface area (TPSA) is 34.2 Å². The van der Waals surface area contributed by atoms with Crippen LogP contribution in [0.1, 0.15) is 61.7 Å². The van der Waals surface area contributed by atoms with E-state index in [-0.39, 0.29) is 0 Å². The Labute approximate surface area is 132 Å². The van der Waals surface area contributed by atoms with Crippen LogP contribution in [0.25, 0.3) is 0 Å². The van der Waals surface area contributed by atoms with Gasteiger partial charge in [0.1, 0.15) is 0 Å². The average Bonchev–Trinajstić information content (AvgIpc) is 3.04. The Morgan fingerprint density at radius 3 is 3.00 bits per heavy atom. The maximum Gasteiger partial charge on any atom is 0.0935 e. The summed E-state index contributed by atoms with van der Waals surface area (Å²) in [6.07, 6.45) is 5.86. The number of hydrogen-bond acceptors (Lipinski definition) is 4. The third-order valence-electron chi connectivity index (χ3n) is 4.62. The molecule has 1 aromatic heterocycles. The minimum atomic E-state index is 0.361. The molecule has 1 aliphatic heterocycles. The van der Waals surface area contributed by atoms with Crippen molar-refractivity contribution in [2.24, 2.45) is 11.3 Å². The molecule has 1 saturated heterocycles. The first kappa shape index (κ1) is 15.4. The Balaban J connectivity index is 1.77. The number of rotatable bonds is 5. The van der Waals surface area contributed by atoms with E-state index in [9.17, 15) is 0 Å². The normalized spacial score (nSPS) is 27.8. The highest BCUT2D eigenvalue weighted by molar-refractivity contribution is 7.11. The number of fused-ring (bicyclic) bond motifs is 1. The summed E-state index contributed by atoms with van der Waals surface area (Å²) in [5.74, 6) is 0.688. The van der Waals surface area contributed by atoms with E-state index in [1.54, 1.807) is 0 Å². The van der Waals surface area contributed by atoms with Gasteiger partial charge in [-0.1, -0.05) is 20.8 Å². The maximum atomic E-state index is 5.50. The Morgan fingerprint density at radius 2 is 2.29 bits per heavy atom. The summed E-state index contributed by atoms with van der Waals surface area (Å²) in [6.45, 7) is 9.95. The zero-order valence-electron chi connectivity index (χ0n) is 13.6. The summed E-state index contributed by atoms with van der Waals surface area (Å²) in [5.41, 5.74) is 1.72. The molecule has 0 aromatic carbocycles. The molecule has 2 atom stereocenters. The Hall–Kier alpha value is -0.450. The molecule has 0 amide bonds. The van der Waals surface area contributed by atoms with Crippen molar-refractivity contribution in [1.82, 2.24) is 10.3 Å². The SMILES string of the molecule is CCCNC1CC(C)(C)Cc2nc(CC3CCOC3)sc21. The lowest BCUT2D eigenvalue weighted by atomic mass is 9.76. The quantitative estimate of drug-likeness (QED) is 0.900. The molecule has 2 heterocycles. The van der Waals surface area contributed by atoms with E-state index in [0.717, 1.165) is 32.6 Å². The van der Waals surface area contributed by atoms with Crippen LogP contribution in [-0.4, -0.2) is 24.7 Å². The Bertz CT molecular complexity index is 477. The number of nitrogens with zero attached hydrogens (tertiary/aromatic N) is 1. The van der Waals surface area contributed by atoms with Gasteiger partial charge in [-0.2, -0.15) is 0 Å². The van der Waals surface area contributed by atoms with Gasteiger partial charge in [0.15, 0.2) is 0 Å². The number of nitrogens with one attached hydrogen (secondary N) is 1. The van der Waals surface area contributed by atoms with E-state index in [2.05, 4.69) is 26.1 Å². The molecule has 0 bridgehead atoms. The van der Waals surface area contributed by atoms with Crippen molar-refractivity contribution >= 4 is 11.3 Å². The molecular formula is C17H28N2OS. The molecule has 1 N–H and O–H groups in total. The van der Waals surface area contributed by atoms with E-state index >= 15 is 0 Å². The van der Waals surface area contributed by atoms with Crippen LogP contribution in [0.2, 0.25) is 0 Å². The van der Waals surface area contributed by atoms with Gasteiger partial charge in [-0.05, 0) is 43.6 Å². The van der Waals surface area contributed by atoms with Gasteiger partial charge in [-0.15, -0.1) is 11.3 Å². The number of ether oxygens (including phenoxy) is 1. The highest BCUT2D eigenvalue weighted by atomic mass is 32.1. The molecular weight excluding hydrogens is 280 g/mol. The summed E-state index contributed by atoms with van der Waals surface area (Å²) in [6, 6.07) is 0.509. The van der Waals surface area contributed by atoms with E-state index in [0.29, 0.717) is 17.4 Å². The maximum absolute atomic E-state index is 5.50. The number of thiazole rings is 1. The van der Waals surface area contributed by atoms with Crippen molar-refractivity contribution < 1.29 is 4.74 Å². The first-order valence-electron chi connectivity index (χ1n) is 8.37. The molecule has 1 aromatic rings. The fourth-order valence-electron chi connectivity index (χ4n) is 3.55. The second-order valence-corrected chi connectivity index (χ2v) is 8.52. The first-order valence-corrected chi connectivity index (χ1v) is 9.18. The summed E-state index contributed by atoms with van der Waals surface area (Å²) in [5, 5.41) is 5.07. The molecule has 2 aliphatic rings. The summed E-state index contributed by atoms with van der Waals surface area (Å²) < 4.78 is 5.50. The van der Waals surface area contributed by atoms with E-state index in [1.165, 1.54) is 34.8 Å². The van der Waals surface area contributed by atoms with Gasteiger partial charge in [-0.3, -0.25) is 0 Å². The molecule has 118 valence electrons. The molecule has 1 aliphatic carbocycles. The van der Waals surface area contributed by atoms with Crippen molar-refractivity contribution in [3.8, 4) is 0 Å². The summed E-state index contributed by atoms with van der Waals surface area (Å²) in [7, 11) is 0. The Morgan fingerprint density at radius 1 is 1.43 bits per heavy atom. The van der Waals surface area contributed by atoms with E-state index in [1.807, 2.05) is 11.3 Å². The molecule has 0 spiro atoms. The monoisotopic (exact) mass is 308 g/mol. The van der Waals surface area contributed by atoms with Crippen molar-refractivity contribution in [3.63, 3.8) is 0 Å². The van der Waals surface area contributed by atoms with Gasteiger partial charge in [0, 0.05) is 30.6 Å². The fraction of sp³-hybridized carbons (Fsp3) is 0.824. The molecule has 3 rings (SSSR count). The smallest absolute Gasteiger partial charge is 0.0935 e. The molecule has 3 nitrogen and oxygen atoms in total. The third-order valence-corrected chi connectivity index (χ3v) is 5.85. The Kier molecular flexibility index (Phi) is 4.67. The van der Waals surface area contributed by atoms with Gasteiger partial charge in [0.05, 0.1) is 10.7 Å². The van der Waals surface area contributed by atoms with E-state index < -0.39 is 0 Å². The zero-order chi connectivity index (χ0) is 14.9. The summed E-state index contributed by atoms with van der Waals surface area (Å²) in [4.78, 5) is 6.50. The van der Waals surface area contributed by atoms with Crippen molar-refractivity contribution in [2.45, 2.75) is 58.9 Å². The lowest BCUT2D eigenvalue weighted by molar-refractivity contribution is 0.186. The number of aromatic nitrogens is 1. The molecule has 2 unspecified atom stereocenters. The van der Waals surface area contributed by atoms with Crippen LogP contribution in [0.3, 0.4) is 0 Å². The molecule has 0 saturated carbocycles. The first-order chi connectivity index (χ1) is 10.1. The fourth-order valence-corrected chi connectivity index (χ4v) is 4.82. The van der Waals surface area contributed by atoms with Gasteiger partial charge >= 0.3 is 0 Å². The predicted octanol–water partition coefficient (Wildman–Crippen LogP) is 3.74. The van der Waals surface area contributed by atoms with Crippen molar-refractivity contribution in [1.29, 1.82) is 0 Å². The van der Waals surface area contributed by atoms with Crippen LogP contribution in [0.4, 0.5) is 0 Å². The van der Waals surface area contributed by atoms with Crippen LogP contribution < -0.4 is 5.32 Å². The molecule has 1 fully saturated rings. The molecule has 21 heavy (non-hydrogen) atoms. The van der Waals surface area contributed by atoms with Crippen LogP contribution in [-0.2, 0) is 17.6 Å². The largest absolute Gasteiger partial charge is 0.381 e. The second-order valence-electron chi connectivity index (χ2n) is 7.40. The third kappa shape index (κ3) is 3.66. The second kappa shape index (κ2) is 6.35. The van der Waals surface area contributed by atoms with Gasteiger partial charge in [0.25, 0.3) is 0 Å². The van der Waals surface area contributed by atoms with Crippen LogP contribution in [0, 0.1) is 11.3 Å². The minimum absolute atomic E-state index is 0.361. The minimum Gasteiger partial charge on any atom is -0.381 e.